The first-order chi connectivity index (χ1) is 10.1. The van der Waals surface area contributed by atoms with Gasteiger partial charge in [-0.25, -0.2) is 4.79 Å². The van der Waals surface area contributed by atoms with Gasteiger partial charge >= 0.3 is 5.97 Å². The van der Waals surface area contributed by atoms with Crippen molar-refractivity contribution >= 4 is 11.8 Å². The van der Waals surface area contributed by atoms with Crippen molar-refractivity contribution in [2.24, 2.45) is 5.92 Å². The van der Waals surface area contributed by atoms with Gasteiger partial charge in [0.25, 0.3) is 0 Å². The smallest absolute Gasteiger partial charge is 0.358 e. The van der Waals surface area contributed by atoms with Crippen LogP contribution in [-0.4, -0.2) is 49.0 Å². The van der Waals surface area contributed by atoms with Crippen LogP contribution in [0.2, 0.25) is 0 Å². The standard InChI is InChI=1S/C15H24N4O2/c1-11(2)9-19(10-12-5-4-8-16-12)14-7-6-13(17-18-14)15(20)21-3/h6-7,11-12,16H,4-5,8-10H2,1-3H3. The number of anilines is 1. The fourth-order valence-corrected chi connectivity index (χ4v) is 2.59. The third-order valence-electron chi connectivity index (χ3n) is 3.56. The first kappa shape index (κ1) is 15.7. The van der Waals surface area contributed by atoms with E-state index in [9.17, 15) is 4.79 Å². The van der Waals surface area contributed by atoms with Crippen molar-refractivity contribution in [3.63, 3.8) is 0 Å². The topological polar surface area (TPSA) is 67.3 Å². The van der Waals surface area contributed by atoms with Gasteiger partial charge in [0.1, 0.15) is 0 Å². The average Bonchev–Trinajstić information content (AvgIpc) is 2.98. The van der Waals surface area contributed by atoms with Gasteiger partial charge in [0.15, 0.2) is 11.5 Å². The minimum Gasteiger partial charge on any atom is -0.464 e. The summed E-state index contributed by atoms with van der Waals surface area (Å²) in [6.07, 6.45) is 2.43. The number of carbonyl (C=O) groups excluding carboxylic acids is 1. The van der Waals surface area contributed by atoms with E-state index in [1.165, 1.54) is 20.0 Å². The summed E-state index contributed by atoms with van der Waals surface area (Å²) in [6.45, 7) is 7.30. The summed E-state index contributed by atoms with van der Waals surface area (Å²) in [5.74, 6) is 0.889. The number of methoxy groups -OCH3 is 1. The zero-order valence-electron chi connectivity index (χ0n) is 13.0. The third-order valence-corrected chi connectivity index (χ3v) is 3.56. The Morgan fingerprint density at radius 3 is 2.81 bits per heavy atom. The normalized spacial score (nSPS) is 18.0. The summed E-state index contributed by atoms with van der Waals surface area (Å²) >= 11 is 0. The highest BCUT2D eigenvalue weighted by Crippen LogP contribution is 2.16. The Labute approximate surface area is 125 Å². The first-order valence-corrected chi connectivity index (χ1v) is 7.50. The fraction of sp³-hybridized carbons (Fsp3) is 0.667. The Kier molecular flexibility index (Phi) is 5.50. The van der Waals surface area contributed by atoms with Crippen LogP contribution in [0, 0.1) is 5.92 Å². The molecule has 0 radical (unpaired) electrons. The number of aromatic nitrogens is 2. The molecule has 1 fully saturated rings. The van der Waals surface area contributed by atoms with Gasteiger partial charge in [0.05, 0.1) is 7.11 Å². The maximum absolute atomic E-state index is 11.4. The molecule has 1 aromatic rings. The lowest BCUT2D eigenvalue weighted by Crippen LogP contribution is -2.40. The predicted molar refractivity (Wildman–Crippen MR) is 81.4 cm³/mol. The van der Waals surface area contributed by atoms with Gasteiger partial charge in [0, 0.05) is 19.1 Å². The zero-order chi connectivity index (χ0) is 15.2. The quantitative estimate of drug-likeness (QED) is 0.801. The highest BCUT2D eigenvalue weighted by atomic mass is 16.5. The molecule has 1 aliphatic heterocycles. The maximum Gasteiger partial charge on any atom is 0.358 e. The third kappa shape index (κ3) is 4.39. The molecule has 1 N–H and O–H groups in total. The molecule has 1 aromatic heterocycles. The molecule has 6 heteroatoms. The monoisotopic (exact) mass is 292 g/mol. The minimum atomic E-state index is -0.457. The van der Waals surface area contributed by atoms with Crippen molar-refractivity contribution in [2.45, 2.75) is 32.7 Å². The molecule has 0 aromatic carbocycles. The molecule has 2 heterocycles. The van der Waals surface area contributed by atoms with Gasteiger partial charge in [-0.15, -0.1) is 10.2 Å². The molecule has 0 spiro atoms. The lowest BCUT2D eigenvalue weighted by atomic mass is 10.1. The second-order valence-electron chi connectivity index (χ2n) is 5.86. The van der Waals surface area contributed by atoms with Crippen LogP contribution in [0.5, 0.6) is 0 Å². The van der Waals surface area contributed by atoms with Crippen molar-refractivity contribution in [2.75, 3.05) is 31.6 Å². The van der Waals surface area contributed by atoms with Crippen LogP contribution in [0.25, 0.3) is 0 Å². The van der Waals surface area contributed by atoms with Gasteiger partial charge in [-0.1, -0.05) is 13.8 Å². The van der Waals surface area contributed by atoms with E-state index < -0.39 is 5.97 Å². The molecule has 1 saturated heterocycles. The SMILES string of the molecule is COC(=O)c1ccc(N(CC(C)C)CC2CCCN2)nn1. The minimum absolute atomic E-state index is 0.240. The second kappa shape index (κ2) is 7.36. The van der Waals surface area contributed by atoms with Crippen molar-refractivity contribution in [3.05, 3.63) is 17.8 Å². The molecular weight excluding hydrogens is 268 g/mol. The summed E-state index contributed by atoms with van der Waals surface area (Å²) in [5, 5.41) is 11.7. The van der Waals surface area contributed by atoms with Crippen LogP contribution >= 0.6 is 0 Å². The van der Waals surface area contributed by atoms with Crippen molar-refractivity contribution < 1.29 is 9.53 Å². The number of nitrogens with one attached hydrogen (secondary N) is 1. The number of nitrogens with zero attached hydrogens (tertiary/aromatic N) is 3. The Hall–Kier alpha value is -1.69. The van der Waals surface area contributed by atoms with E-state index in [2.05, 4.69) is 39.0 Å². The van der Waals surface area contributed by atoms with Crippen LogP contribution < -0.4 is 10.2 Å². The molecule has 2 rings (SSSR count). The van der Waals surface area contributed by atoms with E-state index in [0.717, 1.165) is 25.5 Å². The molecule has 0 saturated carbocycles. The molecule has 1 unspecified atom stereocenters. The van der Waals surface area contributed by atoms with Gasteiger partial charge in [0.2, 0.25) is 0 Å². The molecular formula is C15H24N4O2. The number of hydrogen-bond donors (Lipinski definition) is 1. The highest BCUT2D eigenvalue weighted by molar-refractivity contribution is 5.86. The van der Waals surface area contributed by atoms with Crippen LogP contribution in [0.3, 0.4) is 0 Å². The largest absolute Gasteiger partial charge is 0.464 e. The van der Waals surface area contributed by atoms with Gasteiger partial charge in [-0.3, -0.25) is 0 Å². The lowest BCUT2D eigenvalue weighted by molar-refractivity contribution is 0.0592. The van der Waals surface area contributed by atoms with E-state index in [-0.39, 0.29) is 5.69 Å². The summed E-state index contributed by atoms with van der Waals surface area (Å²) in [5.41, 5.74) is 0.240. The summed E-state index contributed by atoms with van der Waals surface area (Å²) in [7, 11) is 1.34. The van der Waals surface area contributed by atoms with Crippen molar-refractivity contribution in [1.29, 1.82) is 0 Å². The van der Waals surface area contributed by atoms with Crippen molar-refractivity contribution in [1.82, 2.24) is 15.5 Å². The number of rotatable bonds is 6. The molecule has 1 atom stereocenters. The Balaban J connectivity index is 2.09. The number of ether oxygens (including phenoxy) is 1. The number of esters is 1. The van der Waals surface area contributed by atoms with Crippen LogP contribution in [0.1, 0.15) is 37.2 Å². The summed E-state index contributed by atoms with van der Waals surface area (Å²) in [6, 6.07) is 4.02. The lowest BCUT2D eigenvalue weighted by Gasteiger charge is -2.28. The van der Waals surface area contributed by atoms with E-state index >= 15 is 0 Å². The van der Waals surface area contributed by atoms with E-state index in [0.29, 0.717) is 12.0 Å². The Morgan fingerprint density at radius 1 is 1.48 bits per heavy atom. The predicted octanol–water partition coefficient (Wildman–Crippen LogP) is 1.48. The molecule has 1 aliphatic rings. The molecule has 21 heavy (non-hydrogen) atoms. The summed E-state index contributed by atoms with van der Waals surface area (Å²) < 4.78 is 4.64. The van der Waals surface area contributed by atoms with Gasteiger partial charge in [-0.05, 0) is 37.4 Å². The molecule has 0 amide bonds. The Morgan fingerprint density at radius 2 is 2.29 bits per heavy atom. The van der Waals surface area contributed by atoms with E-state index in [1.54, 1.807) is 6.07 Å². The molecule has 116 valence electrons. The van der Waals surface area contributed by atoms with E-state index in [4.69, 9.17) is 0 Å². The van der Waals surface area contributed by atoms with Crippen LogP contribution in [0.4, 0.5) is 5.82 Å². The second-order valence-corrected chi connectivity index (χ2v) is 5.86. The molecule has 0 bridgehead atoms. The van der Waals surface area contributed by atoms with Crippen LogP contribution in [-0.2, 0) is 4.74 Å². The maximum atomic E-state index is 11.4. The zero-order valence-corrected chi connectivity index (χ0v) is 13.0. The molecule has 6 nitrogen and oxygen atoms in total. The molecule has 0 aliphatic carbocycles. The van der Waals surface area contributed by atoms with Crippen molar-refractivity contribution in [3.8, 4) is 0 Å². The fourth-order valence-electron chi connectivity index (χ4n) is 2.59. The summed E-state index contributed by atoms with van der Waals surface area (Å²) in [4.78, 5) is 13.6. The Bertz CT molecular complexity index is 455. The van der Waals surface area contributed by atoms with E-state index in [1.807, 2.05) is 6.07 Å². The number of hydrogen-bond acceptors (Lipinski definition) is 6. The number of carbonyl (C=O) groups is 1. The van der Waals surface area contributed by atoms with Gasteiger partial charge in [-0.2, -0.15) is 0 Å². The van der Waals surface area contributed by atoms with Crippen LogP contribution in [0.15, 0.2) is 12.1 Å². The highest BCUT2D eigenvalue weighted by Gasteiger charge is 2.20. The average molecular weight is 292 g/mol. The first-order valence-electron chi connectivity index (χ1n) is 7.50. The van der Waals surface area contributed by atoms with Gasteiger partial charge < -0.3 is 15.0 Å².